The fourth-order valence-electron chi connectivity index (χ4n) is 0.987. The molecule has 0 amide bonds. The van der Waals surface area contributed by atoms with Crippen LogP contribution in [-0.4, -0.2) is 65.2 Å². The van der Waals surface area contributed by atoms with Gasteiger partial charge in [-0.15, -0.1) is 0 Å². The van der Waals surface area contributed by atoms with Crippen LogP contribution in [0.2, 0.25) is 0 Å². The predicted octanol–water partition coefficient (Wildman–Crippen LogP) is -0.517. The quantitative estimate of drug-likeness (QED) is 0.0795. The Morgan fingerprint density at radius 3 is 0.500 bits per heavy atom. The third-order valence-electron chi connectivity index (χ3n) is 1.99. The van der Waals surface area contributed by atoms with Crippen LogP contribution >= 0.6 is 73.3 Å². The molecule has 6 N–H and O–H groups in total. The Hall–Kier alpha value is 1.70. The van der Waals surface area contributed by atoms with Crippen LogP contribution in [0.5, 0.6) is 0 Å². The largest absolute Gasteiger partial charge is 3.00 e. The topological polar surface area (TPSA) is 72.2 Å². The van der Waals surface area contributed by atoms with E-state index in [2.05, 4.69) is 181 Å². The van der Waals surface area contributed by atoms with Crippen molar-refractivity contribution in [2.75, 3.05) is 39.3 Å². The molecule has 0 rings (SSSR count). The molecule has 2 radical (unpaired) electrons. The first-order valence-electron chi connectivity index (χ1n) is 7.57. The average molecular weight is 743 g/mol. The maximum atomic E-state index is 4.59. The van der Waals surface area contributed by atoms with Crippen LogP contribution < -0.4 is 31.9 Å². The van der Waals surface area contributed by atoms with Crippen molar-refractivity contribution < 1.29 is 34.1 Å². The molecule has 20 heteroatoms. The summed E-state index contributed by atoms with van der Waals surface area (Å²) in [6.45, 7) is 3.99. The van der Waals surface area contributed by atoms with Crippen molar-refractivity contribution in [1.29, 1.82) is 0 Å². The molecule has 0 aliphatic heterocycles. The Balaban J connectivity index is -0.000000110. The molecule has 0 spiro atoms. The summed E-state index contributed by atoms with van der Waals surface area (Å²) < 4.78 is 2.23. The van der Waals surface area contributed by atoms with E-state index in [4.69, 9.17) is 0 Å². The first-order chi connectivity index (χ1) is 13.9. The van der Waals surface area contributed by atoms with Gasteiger partial charge >= 0.3 is 34.1 Å². The van der Waals surface area contributed by atoms with Gasteiger partial charge in [0.25, 0.3) is 0 Å². The first-order valence-corrected chi connectivity index (χ1v) is 12.5. The van der Waals surface area contributed by atoms with E-state index in [1.807, 2.05) is 0 Å². The Morgan fingerprint density at radius 2 is 0.438 bits per heavy atom. The molecule has 32 heavy (non-hydrogen) atoms. The molecule has 6 nitrogen and oxygen atoms in total. The van der Waals surface area contributed by atoms with Gasteiger partial charge in [0.15, 0.2) is 0 Å². The third-order valence-corrected chi connectivity index (χ3v) is 3.72. The number of hydrogen-bond acceptors (Lipinski definition) is 12. The second-order valence-corrected chi connectivity index (χ2v) is 10.7. The normalized spacial score (nSPS) is 7.88. The van der Waals surface area contributed by atoms with Gasteiger partial charge in [0, 0.05) is 39.3 Å². The fourth-order valence-corrected chi connectivity index (χ4v) is 2.21. The van der Waals surface area contributed by atoms with Crippen LogP contribution in [0.25, 0.3) is 0 Å². The molecule has 0 aromatic rings. The second kappa shape index (κ2) is 32.7. The summed E-state index contributed by atoms with van der Waals surface area (Å²) in [6.07, 6.45) is 0. The molecule has 0 saturated heterocycles. The van der Waals surface area contributed by atoms with Crippen molar-refractivity contribution in [3.8, 4) is 0 Å². The van der Waals surface area contributed by atoms with Gasteiger partial charge in [-0.3, -0.25) is 0 Å². The standard InChI is InChI=1S/3C4H8N2S4.2Fe/c3*7-3(8)5-1-2-6-4(9)10;;/h3*1-2H2,(H2,5,7,8)(H2,6,9,10);;/q;;;2*+3/p-6. The van der Waals surface area contributed by atoms with Crippen molar-refractivity contribution in [3.05, 3.63) is 0 Å². The minimum absolute atomic E-state index is 0. The molecule has 0 aromatic heterocycles. The molecule has 184 valence electrons. The van der Waals surface area contributed by atoms with E-state index in [9.17, 15) is 0 Å². The predicted molar refractivity (Wildman–Crippen MR) is 168 cm³/mol. The summed E-state index contributed by atoms with van der Waals surface area (Å²) in [5.41, 5.74) is 0. The number of rotatable bonds is 9. The molecule has 0 aromatic carbocycles. The zero-order chi connectivity index (χ0) is 23.9. The van der Waals surface area contributed by atoms with Crippen molar-refractivity contribution in [1.82, 2.24) is 31.9 Å². The second-order valence-electron chi connectivity index (χ2n) is 4.29. The monoisotopic (exact) mass is 742 g/mol. The molecule has 0 bridgehead atoms. The zero-order valence-electron chi connectivity index (χ0n) is 15.8. The smallest absolute Gasteiger partial charge is 0.412 e. The van der Waals surface area contributed by atoms with E-state index in [1.54, 1.807) is 0 Å². The van der Waals surface area contributed by atoms with Crippen LogP contribution in [0.15, 0.2) is 0 Å². The van der Waals surface area contributed by atoms with Crippen molar-refractivity contribution in [2.24, 2.45) is 0 Å². The summed E-state index contributed by atoms with van der Waals surface area (Å²) in [6, 6.07) is 0. The molecule has 0 aliphatic carbocycles. The Morgan fingerprint density at radius 1 is 0.344 bits per heavy atom. The maximum absolute atomic E-state index is 4.59. The van der Waals surface area contributed by atoms with Crippen LogP contribution in [-0.2, 0) is 110 Å². The van der Waals surface area contributed by atoms with E-state index in [1.165, 1.54) is 0 Å². The van der Waals surface area contributed by atoms with E-state index < -0.39 is 0 Å². The van der Waals surface area contributed by atoms with Crippen LogP contribution in [0, 0.1) is 0 Å². The molecule has 0 unspecified atom stereocenters. The van der Waals surface area contributed by atoms with E-state index >= 15 is 0 Å². The number of nitrogens with one attached hydrogen (secondary N) is 6. The SMILES string of the molecule is S=C([S-])NCCNC(=S)[S-].S=C([S-])NCCNC(=S)[S-].S=C([S-])NCCNC(=S)[S-].[Fe+3].[Fe+3]. The third kappa shape index (κ3) is 58.0. The van der Waals surface area contributed by atoms with E-state index in [0.717, 1.165) is 0 Å². The van der Waals surface area contributed by atoms with Crippen molar-refractivity contribution in [2.45, 2.75) is 0 Å². The average Bonchev–Trinajstić information content (AvgIpc) is 2.60. The Bertz CT molecular complexity index is 445. The Labute approximate surface area is 276 Å². The fraction of sp³-hybridized carbons (Fsp3) is 0.500. The zero-order valence-corrected chi connectivity index (χ0v) is 27.9. The maximum Gasteiger partial charge on any atom is 3.00 e. The van der Waals surface area contributed by atoms with Gasteiger partial charge in [0.1, 0.15) is 0 Å². The molecule has 0 saturated carbocycles. The molecule has 0 atom stereocenters. The van der Waals surface area contributed by atoms with Gasteiger partial charge in [-0.2, -0.15) is 0 Å². The van der Waals surface area contributed by atoms with E-state index in [-0.39, 0.29) is 34.1 Å². The van der Waals surface area contributed by atoms with Crippen molar-refractivity contribution in [3.63, 3.8) is 0 Å². The summed E-state index contributed by atoms with van der Waals surface area (Å²) in [4.78, 5) is 0. The first kappa shape index (κ1) is 43.7. The summed E-state index contributed by atoms with van der Waals surface area (Å²) in [5.74, 6) is 0. The van der Waals surface area contributed by atoms with Gasteiger partial charge in [0.05, 0.1) is 0 Å². The van der Waals surface area contributed by atoms with Gasteiger partial charge in [-0.05, 0) is 0 Å². The Kier molecular flexibility index (Phi) is 44.7. The molecular weight excluding hydrogens is 725 g/mol. The van der Waals surface area contributed by atoms with Gasteiger partial charge in [-0.25, -0.2) is 0 Å². The summed E-state index contributed by atoms with van der Waals surface area (Å²) in [5, 5.41) is 16.7. The summed E-state index contributed by atoms with van der Waals surface area (Å²) >= 11 is 55.1. The molecule has 0 heterocycles. The minimum Gasteiger partial charge on any atom is -0.412 e. The summed E-state index contributed by atoms with van der Waals surface area (Å²) in [7, 11) is 0. The van der Waals surface area contributed by atoms with Crippen LogP contribution in [0.3, 0.4) is 0 Å². The van der Waals surface area contributed by atoms with Gasteiger partial charge in [-0.1, -0.05) is 25.9 Å². The molecular formula is C12H18Fe2N6S12. The number of hydrogen-bond donors (Lipinski definition) is 6. The minimum atomic E-state index is 0. The van der Waals surface area contributed by atoms with Crippen molar-refractivity contribution >= 4 is 175 Å². The number of thiocarbonyl (C=S) groups is 6. The van der Waals surface area contributed by atoms with Crippen LogP contribution in [0.1, 0.15) is 0 Å². The van der Waals surface area contributed by atoms with E-state index in [0.29, 0.717) is 65.2 Å². The van der Waals surface area contributed by atoms with Gasteiger partial charge in [0.2, 0.25) is 0 Å². The van der Waals surface area contributed by atoms with Crippen LogP contribution in [0.4, 0.5) is 0 Å². The molecule has 0 aliphatic rings. The molecule has 0 fully saturated rings. The van der Waals surface area contributed by atoms with Gasteiger partial charge < -0.3 is 181 Å².